The molecular weight excluding hydrogens is 608 g/mol. The fourth-order valence-electron chi connectivity index (χ4n) is 5.26. The largest absolute Gasteiger partial charge is 0.493 e. The predicted molar refractivity (Wildman–Crippen MR) is 158 cm³/mol. The number of rotatable bonds is 8. The summed E-state index contributed by atoms with van der Waals surface area (Å²) >= 11 is 0. The van der Waals surface area contributed by atoms with Crippen molar-refractivity contribution in [3.63, 3.8) is 0 Å². The number of hydrogen-bond acceptors (Lipinski definition) is 8. The van der Waals surface area contributed by atoms with Crippen LogP contribution in [0.2, 0.25) is 0 Å². The smallest absolute Gasteiger partial charge is 0.264 e. The van der Waals surface area contributed by atoms with Gasteiger partial charge in [0.05, 0.1) is 31.2 Å². The molecule has 1 aliphatic heterocycles. The maximum atomic E-state index is 15.1. The number of nitrogens with zero attached hydrogens (tertiary/aromatic N) is 6. The Morgan fingerprint density at radius 1 is 0.913 bits per heavy atom. The molecule has 1 saturated heterocycles. The van der Waals surface area contributed by atoms with Crippen molar-refractivity contribution in [1.82, 2.24) is 25.2 Å². The molecule has 3 aromatic carbocycles. The van der Waals surface area contributed by atoms with Gasteiger partial charge in [0.15, 0.2) is 29.4 Å². The van der Waals surface area contributed by atoms with Crippen molar-refractivity contribution in [2.75, 3.05) is 25.7 Å². The Morgan fingerprint density at radius 3 is 2.35 bits per heavy atom. The van der Waals surface area contributed by atoms with E-state index in [2.05, 4.69) is 20.4 Å². The molecule has 0 radical (unpaired) electrons. The first-order valence-corrected chi connectivity index (χ1v) is 14.2. The third-order valence-corrected chi connectivity index (χ3v) is 7.47. The first-order valence-electron chi connectivity index (χ1n) is 14.2. The van der Waals surface area contributed by atoms with E-state index in [-0.39, 0.29) is 33.9 Å². The van der Waals surface area contributed by atoms with Gasteiger partial charge in [0.1, 0.15) is 0 Å². The van der Waals surface area contributed by atoms with Crippen molar-refractivity contribution < 1.29 is 36.6 Å². The summed E-state index contributed by atoms with van der Waals surface area (Å²) in [4.78, 5) is 20.6. The predicted octanol–water partition coefficient (Wildman–Crippen LogP) is 6.65. The molecule has 1 fully saturated rings. The van der Waals surface area contributed by atoms with E-state index in [0.29, 0.717) is 18.6 Å². The number of aromatic nitrogens is 5. The second kappa shape index (κ2) is 12.9. The highest BCUT2D eigenvalue weighted by Crippen LogP contribution is 2.46. The van der Waals surface area contributed by atoms with Gasteiger partial charge in [-0.05, 0) is 79.1 Å². The quantitative estimate of drug-likeness (QED) is 0.175. The van der Waals surface area contributed by atoms with E-state index in [0.717, 1.165) is 37.0 Å². The van der Waals surface area contributed by atoms with Gasteiger partial charge < -0.3 is 14.2 Å². The second-order valence-corrected chi connectivity index (χ2v) is 10.2. The van der Waals surface area contributed by atoms with Gasteiger partial charge in [-0.25, -0.2) is 8.78 Å². The number of ether oxygens (including phenoxy) is 3. The standard InChI is InChI=1S/C32H26F4N6O4/c1-44-29-20(9-10-22(33)27(29)35)21-16-18(31-38-40-42(39-31)26-7-3-4-15-46-26)8-12-24(21)41(32(43)19-6-5-14-37-17-19)25-13-11-23(34)28(36)30(25)45-2/h5-6,8-14,16-17,26H,3-4,7,15H2,1-2H3. The molecule has 14 heteroatoms. The maximum Gasteiger partial charge on any atom is 0.264 e. The van der Waals surface area contributed by atoms with Gasteiger partial charge in [0.25, 0.3) is 5.91 Å². The minimum atomic E-state index is -1.33. The number of halogens is 4. The van der Waals surface area contributed by atoms with E-state index in [1.807, 2.05) is 0 Å². The normalized spacial score (nSPS) is 14.6. The van der Waals surface area contributed by atoms with Crippen LogP contribution in [0.1, 0.15) is 35.8 Å². The highest BCUT2D eigenvalue weighted by atomic mass is 19.2. The van der Waals surface area contributed by atoms with Gasteiger partial charge in [0.2, 0.25) is 17.5 Å². The van der Waals surface area contributed by atoms with E-state index < -0.39 is 46.9 Å². The van der Waals surface area contributed by atoms with Crippen LogP contribution in [0.4, 0.5) is 28.9 Å². The number of methoxy groups -OCH3 is 2. The molecule has 46 heavy (non-hydrogen) atoms. The second-order valence-electron chi connectivity index (χ2n) is 10.2. The van der Waals surface area contributed by atoms with Crippen LogP contribution in [0, 0.1) is 23.3 Å². The molecule has 1 atom stereocenters. The number of amides is 1. The van der Waals surface area contributed by atoms with Crippen molar-refractivity contribution >= 4 is 17.3 Å². The molecule has 0 spiro atoms. The Balaban J connectivity index is 1.60. The molecule has 0 bridgehead atoms. The number of benzene rings is 3. The van der Waals surface area contributed by atoms with E-state index >= 15 is 8.78 Å². The maximum absolute atomic E-state index is 15.1. The van der Waals surface area contributed by atoms with Gasteiger partial charge in [-0.2, -0.15) is 8.78 Å². The molecule has 1 unspecified atom stereocenters. The summed E-state index contributed by atoms with van der Waals surface area (Å²) in [6.07, 6.45) is 4.93. The fraction of sp³-hybridized carbons (Fsp3) is 0.219. The molecule has 0 saturated carbocycles. The number of anilines is 2. The summed E-state index contributed by atoms with van der Waals surface area (Å²) in [5.41, 5.74) is 0.505. The molecule has 3 heterocycles. The number of carbonyl (C=O) groups excluding carboxylic acids is 1. The van der Waals surface area contributed by atoms with E-state index in [1.54, 1.807) is 6.07 Å². The molecule has 236 valence electrons. The Kier molecular flexibility index (Phi) is 8.61. The molecule has 5 aromatic rings. The minimum absolute atomic E-state index is 0.0341. The lowest BCUT2D eigenvalue weighted by Gasteiger charge is -2.28. The monoisotopic (exact) mass is 634 g/mol. The minimum Gasteiger partial charge on any atom is -0.493 e. The number of hydrogen-bond donors (Lipinski definition) is 0. The van der Waals surface area contributed by atoms with Crippen LogP contribution in [-0.2, 0) is 4.74 Å². The van der Waals surface area contributed by atoms with Crippen LogP contribution < -0.4 is 14.4 Å². The molecular formula is C32H26F4N6O4. The molecule has 10 nitrogen and oxygen atoms in total. The Hall–Kier alpha value is -5.37. The molecule has 0 aliphatic carbocycles. The molecule has 2 aromatic heterocycles. The summed E-state index contributed by atoms with van der Waals surface area (Å²) in [6, 6.07) is 11.8. The Morgan fingerprint density at radius 2 is 1.65 bits per heavy atom. The molecule has 0 N–H and O–H groups in total. The van der Waals surface area contributed by atoms with Crippen LogP contribution in [-0.4, -0.2) is 51.9 Å². The van der Waals surface area contributed by atoms with Crippen LogP contribution in [0.25, 0.3) is 22.5 Å². The number of carbonyl (C=O) groups is 1. The van der Waals surface area contributed by atoms with Crippen LogP contribution in [0.3, 0.4) is 0 Å². The first-order chi connectivity index (χ1) is 22.3. The third-order valence-electron chi connectivity index (χ3n) is 7.47. The van der Waals surface area contributed by atoms with Crippen molar-refractivity contribution in [1.29, 1.82) is 0 Å². The molecule has 6 rings (SSSR count). The topological polar surface area (TPSA) is 104 Å². The summed E-state index contributed by atoms with van der Waals surface area (Å²) < 4.78 is 75.2. The average Bonchev–Trinajstić information content (AvgIpc) is 3.59. The van der Waals surface area contributed by atoms with Crippen molar-refractivity contribution in [3.05, 3.63) is 95.8 Å². The van der Waals surface area contributed by atoms with Crippen molar-refractivity contribution in [3.8, 4) is 34.0 Å². The zero-order valence-electron chi connectivity index (χ0n) is 24.6. The fourth-order valence-corrected chi connectivity index (χ4v) is 5.26. The highest BCUT2D eigenvalue weighted by Gasteiger charge is 2.30. The lowest BCUT2D eigenvalue weighted by molar-refractivity contribution is -0.0488. The van der Waals surface area contributed by atoms with Gasteiger partial charge >= 0.3 is 0 Å². The summed E-state index contributed by atoms with van der Waals surface area (Å²) in [6.45, 7) is 0.560. The first kappa shape index (κ1) is 30.6. The van der Waals surface area contributed by atoms with Crippen molar-refractivity contribution in [2.24, 2.45) is 0 Å². The summed E-state index contributed by atoms with van der Waals surface area (Å²) in [5, 5.41) is 12.8. The molecule has 1 amide bonds. The van der Waals surface area contributed by atoms with Gasteiger partial charge in [0, 0.05) is 35.7 Å². The van der Waals surface area contributed by atoms with Crippen molar-refractivity contribution in [2.45, 2.75) is 25.5 Å². The van der Waals surface area contributed by atoms with Crippen LogP contribution in [0.5, 0.6) is 11.5 Å². The van der Waals surface area contributed by atoms with E-state index in [1.165, 1.54) is 60.7 Å². The van der Waals surface area contributed by atoms with Gasteiger partial charge in [-0.3, -0.25) is 14.7 Å². The van der Waals surface area contributed by atoms with E-state index in [4.69, 9.17) is 14.2 Å². The van der Waals surface area contributed by atoms with Crippen LogP contribution >= 0.6 is 0 Å². The average molecular weight is 635 g/mol. The van der Waals surface area contributed by atoms with Gasteiger partial charge in [-0.15, -0.1) is 15.0 Å². The number of pyridine rings is 1. The Bertz CT molecular complexity index is 1900. The van der Waals surface area contributed by atoms with E-state index in [9.17, 15) is 13.6 Å². The third kappa shape index (κ3) is 5.62. The molecule has 1 aliphatic rings. The Labute approximate surface area is 260 Å². The zero-order valence-corrected chi connectivity index (χ0v) is 24.6. The SMILES string of the molecule is COc1c(-c2cc(-c3nnn(C4CCCCO4)n3)ccc2N(C(=O)c2cccnc2)c2ccc(F)c(F)c2OC)ccc(F)c1F. The highest BCUT2D eigenvalue weighted by molar-refractivity contribution is 6.13. The van der Waals surface area contributed by atoms with Gasteiger partial charge in [-0.1, -0.05) is 0 Å². The number of tetrazole rings is 1. The lowest BCUT2D eigenvalue weighted by Crippen LogP contribution is -2.27. The summed E-state index contributed by atoms with van der Waals surface area (Å²) in [7, 11) is 2.29. The summed E-state index contributed by atoms with van der Waals surface area (Å²) in [5.74, 6) is -6.54. The lowest BCUT2D eigenvalue weighted by atomic mass is 9.97. The van der Waals surface area contributed by atoms with Crippen LogP contribution in [0.15, 0.2) is 67.0 Å². The zero-order chi connectivity index (χ0) is 32.4.